The summed E-state index contributed by atoms with van der Waals surface area (Å²) in [5, 5.41) is 13.3. The standard InChI is InChI=1S/C24H28N4O4S2/c1-3-7-21(29)20-14-19(15-25)22(27-23(20)33-2)28(24(30)18-10-12-26-13-11-18)34(31,32)16-17-8-5-4-6-9-17/h4-6,8-9,14,18,26H,3,7,10-13,16H2,1-2H3. The third kappa shape index (κ3) is 5.84. The highest BCUT2D eigenvalue weighted by atomic mass is 32.2. The first-order chi connectivity index (χ1) is 16.3. The number of ketones is 1. The van der Waals surface area contributed by atoms with Gasteiger partial charge in [-0.2, -0.15) is 9.57 Å². The number of amides is 1. The van der Waals surface area contributed by atoms with E-state index in [1.807, 2.05) is 13.0 Å². The van der Waals surface area contributed by atoms with Crippen molar-refractivity contribution in [2.45, 2.75) is 43.4 Å². The molecular weight excluding hydrogens is 472 g/mol. The third-order valence-corrected chi connectivity index (χ3v) is 7.91. The molecule has 0 atom stereocenters. The molecule has 1 N–H and O–H groups in total. The van der Waals surface area contributed by atoms with Crippen molar-refractivity contribution in [2.24, 2.45) is 5.92 Å². The van der Waals surface area contributed by atoms with E-state index in [0.717, 1.165) is 0 Å². The fourth-order valence-corrected chi connectivity index (χ4v) is 6.04. The molecular formula is C24H28N4O4S2. The molecule has 3 rings (SSSR count). The van der Waals surface area contributed by atoms with Gasteiger partial charge in [0.2, 0.25) is 15.9 Å². The van der Waals surface area contributed by atoms with Crippen molar-refractivity contribution >= 4 is 39.3 Å². The number of pyridine rings is 1. The highest BCUT2D eigenvalue weighted by Gasteiger charge is 2.38. The maximum absolute atomic E-state index is 13.6. The predicted molar refractivity (Wildman–Crippen MR) is 132 cm³/mol. The Labute approximate surface area is 204 Å². The van der Waals surface area contributed by atoms with Crippen LogP contribution in [0.2, 0.25) is 0 Å². The summed E-state index contributed by atoms with van der Waals surface area (Å²) in [6, 6.07) is 11.9. The molecule has 0 unspecified atom stereocenters. The summed E-state index contributed by atoms with van der Waals surface area (Å²) in [6.07, 6.45) is 3.60. The zero-order valence-corrected chi connectivity index (χ0v) is 20.9. The molecule has 180 valence electrons. The number of sulfonamides is 1. The Morgan fingerprint density at radius 1 is 1.24 bits per heavy atom. The Bertz CT molecular complexity index is 1190. The largest absolute Gasteiger partial charge is 0.317 e. The second kappa shape index (κ2) is 11.6. The van der Waals surface area contributed by atoms with E-state index in [9.17, 15) is 23.3 Å². The Balaban J connectivity index is 2.16. The molecule has 1 saturated heterocycles. The lowest BCUT2D eigenvalue weighted by Gasteiger charge is -2.29. The first-order valence-corrected chi connectivity index (χ1v) is 14.0. The number of piperidine rings is 1. The van der Waals surface area contributed by atoms with Crippen LogP contribution in [0.1, 0.15) is 54.1 Å². The number of nitriles is 1. The SMILES string of the molecule is CCCC(=O)c1cc(C#N)c(N(C(=O)C2CCNCC2)S(=O)(=O)Cc2ccccc2)nc1SC. The first kappa shape index (κ1) is 25.9. The summed E-state index contributed by atoms with van der Waals surface area (Å²) in [5.41, 5.74) is 0.671. The Hall–Kier alpha value is -2.74. The predicted octanol–water partition coefficient (Wildman–Crippen LogP) is 3.52. The van der Waals surface area contributed by atoms with Crippen LogP contribution in [-0.2, 0) is 20.6 Å². The molecule has 1 aromatic carbocycles. The summed E-state index contributed by atoms with van der Waals surface area (Å²) < 4.78 is 28.0. The molecule has 1 aromatic heterocycles. The van der Waals surface area contributed by atoms with Crippen LogP contribution in [0.15, 0.2) is 41.4 Å². The lowest BCUT2D eigenvalue weighted by Crippen LogP contribution is -2.45. The number of benzene rings is 1. The smallest absolute Gasteiger partial charge is 0.247 e. The van der Waals surface area contributed by atoms with Gasteiger partial charge in [0.05, 0.1) is 16.9 Å². The molecule has 0 saturated carbocycles. The van der Waals surface area contributed by atoms with Gasteiger partial charge in [0.1, 0.15) is 11.1 Å². The zero-order chi connectivity index (χ0) is 24.7. The van der Waals surface area contributed by atoms with E-state index in [2.05, 4.69) is 10.3 Å². The third-order valence-electron chi connectivity index (χ3n) is 5.61. The lowest BCUT2D eigenvalue weighted by atomic mass is 9.97. The number of thioether (sulfide) groups is 1. The Morgan fingerprint density at radius 2 is 1.91 bits per heavy atom. The molecule has 8 nitrogen and oxygen atoms in total. The molecule has 0 bridgehead atoms. The molecule has 34 heavy (non-hydrogen) atoms. The van der Waals surface area contributed by atoms with E-state index in [4.69, 9.17) is 0 Å². The average Bonchev–Trinajstić information content (AvgIpc) is 2.84. The lowest BCUT2D eigenvalue weighted by molar-refractivity contribution is -0.121. The van der Waals surface area contributed by atoms with Crippen LogP contribution >= 0.6 is 11.8 Å². The maximum Gasteiger partial charge on any atom is 0.247 e. The summed E-state index contributed by atoms with van der Waals surface area (Å²) in [4.78, 5) is 30.7. The molecule has 0 aliphatic carbocycles. The Kier molecular flexibility index (Phi) is 8.83. The van der Waals surface area contributed by atoms with E-state index in [0.29, 0.717) is 47.2 Å². The molecule has 1 aliphatic heterocycles. The minimum atomic E-state index is -4.22. The molecule has 0 radical (unpaired) electrons. The van der Waals surface area contributed by atoms with Crippen LogP contribution in [-0.4, -0.2) is 44.4 Å². The normalized spacial score (nSPS) is 14.4. The van der Waals surface area contributed by atoms with Crippen molar-refractivity contribution in [1.29, 1.82) is 5.26 Å². The fraction of sp³-hybridized carbons (Fsp3) is 0.417. The van der Waals surface area contributed by atoms with Gasteiger partial charge >= 0.3 is 0 Å². The Morgan fingerprint density at radius 3 is 2.50 bits per heavy atom. The van der Waals surface area contributed by atoms with Crippen LogP contribution < -0.4 is 9.62 Å². The van der Waals surface area contributed by atoms with Gasteiger partial charge in [-0.15, -0.1) is 11.8 Å². The first-order valence-electron chi connectivity index (χ1n) is 11.2. The van der Waals surface area contributed by atoms with Gasteiger partial charge in [0.25, 0.3) is 0 Å². The second-order valence-corrected chi connectivity index (χ2v) is 10.7. The molecule has 2 heterocycles. The van der Waals surface area contributed by atoms with E-state index in [1.165, 1.54) is 17.8 Å². The monoisotopic (exact) mass is 500 g/mol. The number of nitrogens with zero attached hydrogens (tertiary/aromatic N) is 3. The summed E-state index contributed by atoms with van der Waals surface area (Å²) >= 11 is 1.18. The number of nitrogens with one attached hydrogen (secondary N) is 1. The summed E-state index contributed by atoms with van der Waals surface area (Å²) in [6.45, 7) is 3.07. The van der Waals surface area contributed by atoms with Crippen molar-refractivity contribution in [3.8, 4) is 6.07 Å². The van der Waals surface area contributed by atoms with E-state index >= 15 is 0 Å². The van der Waals surface area contributed by atoms with Gasteiger partial charge in [0.15, 0.2) is 11.6 Å². The van der Waals surface area contributed by atoms with E-state index in [1.54, 1.807) is 36.6 Å². The van der Waals surface area contributed by atoms with Crippen molar-refractivity contribution in [3.63, 3.8) is 0 Å². The number of hydrogen-bond acceptors (Lipinski definition) is 8. The van der Waals surface area contributed by atoms with Crippen LogP contribution in [0.3, 0.4) is 0 Å². The highest BCUT2D eigenvalue weighted by molar-refractivity contribution is 7.98. The number of carbonyl (C=O) groups excluding carboxylic acids is 2. The molecule has 1 aliphatic rings. The molecule has 1 amide bonds. The van der Waals surface area contributed by atoms with Crippen LogP contribution in [0.4, 0.5) is 5.82 Å². The molecule has 2 aromatic rings. The summed E-state index contributed by atoms with van der Waals surface area (Å²) in [7, 11) is -4.22. The van der Waals surface area contributed by atoms with E-state index < -0.39 is 27.6 Å². The molecule has 0 spiro atoms. The van der Waals surface area contributed by atoms with Crippen molar-refractivity contribution in [1.82, 2.24) is 10.3 Å². The van der Waals surface area contributed by atoms with Crippen LogP contribution in [0, 0.1) is 17.2 Å². The molecule has 1 fully saturated rings. The van der Waals surface area contributed by atoms with Gasteiger partial charge in [-0.25, -0.2) is 13.4 Å². The van der Waals surface area contributed by atoms with E-state index in [-0.39, 0.29) is 29.1 Å². The van der Waals surface area contributed by atoms with Crippen molar-refractivity contribution < 1.29 is 18.0 Å². The zero-order valence-electron chi connectivity index (χ0n) is 19.3. The topological polar surface area (TPSA) is 120 Å². The number of rotatable bonds is 9. The van der Waals surface area contributed by atoms with Crippen LogP contribution in [0.25, 0.3) is 0 Å². The molecule has 10 heteroatoms. The maximum atomic E-state index is 13.6. The average molecular weight is 501 g/mol. The quantitative estimate of drug-likeness (QED) is 0.410. The minimum Gasteiger partial charge on any atom is -0.317 e. The minimum absolute atomic E-state index is 0.115. The van der Waals surface area contributed by atoms with Crippen LogP contribution in [0.5, 0.6) is 0 Å². The van der Waals surface area contributed by atoms with Gasteiger partial charge in [0, 0.05) is 12.3 Å². The van der Waals surface area contributed by atoms with Gasteiger partial charge < -0.3 is 5.32 Å². The van der Waals surface area contributed by atoms with Gasteiger partial charge in [-0.3, -0.25) is 9.59 Å². The van der Waals surface area contributed by atoms with Crippen molar-refractivity contribution in [2.75, 3.05) is 23.7 Å². The highest BCUT2D eigenvalue weighted by Crippen LogP contribution is 2.32. The second-order valence-electron chi connectivity index (χ2n) is 8.07. The van der Waals surface area contributed by atoms with Crippen molar-refractivity contribution in [3.05, 3.63) is 53.1 Å². The fourth-order valence-electron chi connectivity index (χ4n) is 3.90. The summed E-state index contributed by atoms with van der Waals surface area (Å²) in [5.74, 6) is -1.94. The number of Topliss-reactive ketones (excluding diaryl/α,β-unsaturated/α-hetero) is 1. The number of hydrogen-bond donors (Lipinski definition) is 1. The number of anilines is 1. The number of carbonyl (C=O) groups is 2. The number of aromatic nitrogens is 1. The van der Waals surface area contributed by atoms with Gasteiger partial charge in [-0.1, -0.05) is 37.3 Å². The van der Waals surface area contributed by atoms with Gasteiger partial charge in [-0.05, 0) is 50.2 Å².